The van der Waals surface area contributed by atoms with Gasteiger partial charge in [0.05, 0.1) is 34.5 Å². The minimum absolute atomic E-state index is 0.00639. The van der Waals surface area contributed by atoms with E-state index in [4.69, 9.17) is 44.6 Å². The van der Waals surface area contributed by atoms with Gasteiger partial charge in [0.1, 0.15) is 17.7 Å². The molecule has 13 heteroatoms. The first kappa shape index (κ1) is 40.5. The number of pyridine rings is 1. The number of aromatic nitrogens is 1. The summed E-state index contributed by atoms with van der Waals surface area (Å²) in [6, 6.07) is 26.7. The number of nitrogens with one attached hydrogen (secondary N) is 1. The number of halogens is 3. The molecule has 4 aliphatic rings. The van der Waals surface area contributed by atoms with E-state index in [1.165, 1.54) is 0 Å². The van der Waals surface area contributed by atoms with Gasteiger partial charge in [-0.25, -0.2) is 4.98 Å². The number of aliphatic carboxylic acids is 1. The number of rotatable bonds is 11. The minimum Gasteiger partial charge on any atom is -0.489 e. The van der Waals surface area contributed by atoms with E-state index in [1.807, 2.05) is 65.6 Å². The molecule has 0 bridgehead atoms. The van der Waals surface area contributed by atoms with Crippen molar-refractivity contribution in [2.24, 2.45) is 11.8 Å². The Labute approximate surface area is 353 Å². The van der Waals surface area contributed by atoms with Crippen molar-refractivity contribution in [1.29, 1.82) is 0 Å². The molecule has 3 aliphatic heterocycles. The number of hydrogen-bond acceptors (Lipinski definition) is 8. The van der Waals surface area contributed by atoms with Gasteiger partial charge in [-0.1, -0.05) is 53.0 Å². The van der Waals surface area contributed by atoms with Crippen molar-refractivity contribution >= 4 is 79.9 Å². The Hall–Kier alpha value is -4.32. The summed E-state index contributed by atoms with van der Waals surface area (Å²) >= 11 is 18.6. The Bertz CT molecular complexity index is 2290. The molecule has 0 spiro atoms. The largest absolute Gasteiger partial charge is 0.489 e. The van der Waals surface area contributed by atoms with Gasteiger partial charge in [-0.05, 0) is 135 Å². The van der Waals surface area contributed by atoms with Gasteiger partial charge >= 0.3 is 5.97 Å². The Kier molecular flexibility index (Phi) is 12.5. The highest BCUT2D eigenvalue weighted by molar-refractivity contribution is 6.32. The van der Waals surface area contributed by atoms with E-state index in [2.05, 4.69) is 38.3 Å². The smallest absolute Gasteiger partial charge is 0.308 e. The van der Waals surface area contributed by atoms with Crippen LogP contribution < -0.4 is 19.9 Å². The zero-order valence-electron chi connectivity index (χ0n) is 32.2. The predicted molar refractivity (Wildman–Crippen MR) is 232 cm³/mol. The lowest BCUT2D eigenvalue weighted by molar-refractivity contribution is -0.140. The molecule has 10 nitrogen and oxygen atoms in total. The van der Waals surface area contributed by atoms with Crippen molar-refractivity contribution in [2.45, 2.75) is 56.8 Å². The molecule has 1 aliphatic carbocycles. The fourth-order valence-corrected chi connectivity index (χ4v) is 8.80. The Balaban J connectivity index is 0.000000206. The standard InChI is InChI=1S/C31H35Cl2N3O3.C14H13ClN2O2/c32-24-6-3-21-16-25(7-4-20(21)15-24)36-14-11-23(18-36)31(38)34-28(19-35-12-1-2-13-35)30(37)22-5-10-29(27(33)17-22)39-26-8-9-26;15-11-2-3-12-9(7-11)1-4-13(16-12)17-6-5-10(8-17)14(18)19/h3-7,10,15-17,23,26,28,30,37H,1-2,8-9,11-14,18-19H2,(H,34,38);1-4,7,10H,5-6,8H2,(H,18,19)/t23-,28-,30-;10-/m11/s1. The number of benzene rings is 4. The molecule has 304 valence electrons. The highest BCUT2D eigenvalue weighted by Crippen LogP contribution is 2.35. The number of fused-ring (bicyclic) bond motifs is 2. The molecule has 58 heavy (non-hydrogen) atoms. The van der Waals surface area contributed by atoms with Gasteiger partial charge in [-0.15, -0.1) is 0 Å². The van der Waals surface area contributed by atoms with Crippen LogP contribution in [0.2, 0.25) is 15.1 Å². The maximum Gasteiger partial charge on any atom is 0.308 e. The number of carboxylic acids is 1. The summed E-state index contributed by atoms with van der Waals surface area (Å²) in [6.45, 7) is 5.31. The summed E-state index contributed by atoms with van der Waals surface area (Å²) in [4.78, 5) is 35.7. The van der Waals surface area contributed by atoms with Crippen LogP contribution in [-0.2, 0) is 9.59 Å². The molecule has 3 saturated heterocycles. The molecule has 0 unspecified atom stereocenters. The Morgan fingerprint density at radius 1 is 0.759 bits per heavy atom. The number of carbonyl (C=O) groups is 2. The third-order valence-corrected chi connectivity index (χ3v) is 12.5. The lowest BCUT2D eigenvalue weighted by Crippen LogP contribution is -2.48. The summed E-state index contributed by atoms with van der Waals surface area (Å²) in [5.41, 5.74) is 2.68. The molecule has 4 aromatic carbocycles. The second-order valence-corrected chi connectivity index (χ2v) is 17.2. The number of amides is 1. The molecule has 4 fully saturated rings. The van der Waals surface area contributed by atoms with E-state index < -0.39 is 18.1 Å². The SMILES string of the molecule is O=C(N[C@H](CN1CCCC1)[C@H](O)c1ccc(OC2CC2)c(Cl)c1)[C@@H]1CCN(c2ccc3cc(Cl)ccc3c2)C1.O=C(O)[C@@H]1CCN(c2ccc3cc(Cl)ccc3n2)C1. The second kappa shape index (κ2) is 17.9. The zero-order valence-corrected chi connectivity index (χ0v) is 34.5. The average Bonchev–Trinajstić information content (AvgIpc) is 3.60. The lowest BCUT2D eigenvalue weighted by atomic mass is 10.00. The molecule has 1 amide bonds. The van der Waals surface area contributed by atoms with Crippen LogP contribution in [-0.4, -0.2) is 89.9 Å². The first-order chi connectivity index (χ1) is 28.1. The minimum atomic E-state index is -0.869. The highest BCUT2D eigenvalue weighted by atomic mass is 35.5. The zero-order chi connectivity index (χ0) is 40.3. The highest BCUT2D eigenvalue weighted by Gasteiger charge is 2.34. The number of likely N-dealkylation sites (tertiary alicyclic amines) is 1. The summed E-state index contributed by atoms with van der Waals surface area (Å²) < 4.78 is 5.86. The maximum absolute atomic E-state index is 13.5. The number of anilines is 2. The summed E-state index contributed by atoms with van der Waals surface area (Å²) in [6.07, 6.45) is 5.23. The third-order valence-electron chi connectivity index (χ3n) is 11.7. The summed E-state index contributed by atoms with van der Waals surface area (Å²) in [5, 5.41) is 28.8. The molecule has 0 radical (unpaired) electrons. The van der Waals surface area contributed by atoms with E-state index in [0.717, 1.165) is 96.5 Å². The molecule has 3 N–H and O–H groups in total. The monoisotopic (exact) mass is 843 g/mol. The molecular weight excluding hydrogens is 797 g/mol. The number of carboxylic acid groups (broad SMARTS) is 1. The molecule has 5 aromatic rings. The van der Waals surface area contributed by atoms with E-state index in [0.29, 0.717) is 47.4 Å². The van der Waals surface area contributed by atoms with Crippen molar-refractivity contribution < 1.29 is 24.5 Å². The molecule has 1 aromatic heterocycles. The van der Waals surface area contributed by atoms with Gasteiger partial charge in [0, 0.05) is 53.8 Å². The fourth-order valence-electron chi connectivity index (χ4n) is 8.20. The quantitative estimate of drug-likeness (QED) is 0.120. The molecule has 9 rings (SSSR count). The second-order valence-electron chi connectivity index (χ2n) is 16.0. The number of aliphatic hydroxyl groups excluding tert-OH is 1. The van der Waals surface area contributed by atoms with Crippen molar-refractivity contribution in [3.63, 3.8) is 0 Å². The number of aliphatic hydroxyl groups is 1. The van der Waals surface area contributed by atoms with Crippen LogP contribution in [0.1, 0.15) is 50.2 Å². The fraction of sp³-hybridized carbons (Fsp3) is 0.400. The number of ether oxygens (including phenoxy) is 1. The van der Waals surface area contributed by atoms with Gasteiger partial charge in [-0.3, -0.25) is 9.59 Å². The van der Waals surface area contributed by atoms with E-state index in [-0.39, 0.29) is 23.8 Å². The average molecular weight is 845 g/mol. The normalized spacial score (nSPS) is 20.6. The van der Waals surface area contributed by atoms with Crippen molar-refractivity contribution in [3.8, 4) is 5.75 Å². The first-order valence-corrected chi connectivity index (χ1v) is 21.3. The lowest BCUT2D eigenvalue weighted by Gasteiger charge is -2.30. The van der Waals surface area contributed by atoms with Gasteiger partial charge < -0.3 is 35.0 Å². The molecular formula is C45H48Cl3N5O5. The van der Waals surface area contributed by atoms with Crippen molar-refractivity contribution in [1.82, 2.24) is 15.2 Å². The topological polar surface area (TPSA) is 118 Å². The van der Waals surface area contributed by atoms with Gasteiger partial charge in [0.25, 0.3) is 0 Å². The first-order valence-electron chi connectivity index (χ1n) is 20.2. The Morgan fingerprint density at radius 3 is 2.17 bits per heavy atom. The van der Waals surface area contributed by atoms with Gasteiger partial charge in [0.15, 0.2) is 0 Å². The predicted octanol–water partition coefficient (Wildman–Crippen LogP) is 8.63. The van der Waals surface area contributed by atoms with Crippen LogP contribution in [0.5, 0.6) is 5.75 Å². The van der Waals surface area contributed by atoms with Gasteiger partial charge in [-0.2, -0.15) is 0 Å². The van der Waals surface area contributed by atoms with Crippen LogP contribution >= 0.6 is 34.8 Å². The van der Waals surface area contributed by atoms with Crippen molar-refractivity contribution in [3.05, 3.63) is 106 Å². The molecule has 4 heterocycles. The number of hydrogen-bond donors (Lipinski definition) is 3. The third kappa shape index (κ3) is 9.75. The van der Waals surface area contributed by atoms with Crippen LogP contribution in [0.3, 0.4) is 0 Å². The van der Waals surface area contributed by atoms with E-state index in [1.54, 1.807) is 6.07 Å². The van der Waals surface area contributed by atoms with Crippen LogP contribution in [0.25, 0.3) is 21.7 Å². The van der Waals surface area contributed by atoms with Crippen molar-refractivity contribution in [2.75, 3.05) is 55.6 Å². The van der Waals surface area contributed by atoms with E-state index >= 15 is 0 Å². The van der Waals surface area contributed by atoms with Crippen LogP contribution in [0.4, 0.5) is 11.5 Å². The summed E-state index contributed by atoms with van der Waals surface area (Å²) in [5.74, 6) is 0.319. The van der Waals surface area contributed by atoms with E-state index in [9.17, 15) is 14.7 Å². The molecule has 4 atom stereocenters. The summed E-state index contributed by atoms with van der Waals surface area (Å²) in [7, 11) is 0. The molecule has 1 saturated carbocycles. The number of nitrogens with zero attached hydrogens (tertiary/aromatic N) is 4. The number of carbonyl (C=O) groups excluding carboxylic acids is 1. The van der Waals surface area contributed by atoms with Crippen LogP contribution in [0.15, 0.2) is 84.9 Å². The Morgan fingerprint density at radius 2 is 1.43 bits per heavy atom. The maximum atomic E-state index is 13.5. The van der Waals surface area contributed by atoms with Crippen LogP contribution in [0, 0.1) is 11.8 Å². The van der Waals surface area contributed by atoms with Gasteiger partial charge in [0.2, 0.25) is 5.91 Å².